The number of fused-ring (bicyclic) bond motifs is 2. The molecular formula is C19H17N3O3. The Morgan fingerprint density at radius 3 is 2.44 bits per heavy atom. The fourth-order valence-corrected chi connectivity index (χ4v) is 3.43. The third-order valence-electron chi connectivity index (χ3n) is 4.75. The van der Waals surface area contributed by atoms with Crippen molar-refractivity contribution in [3.63, 3.8) is 0 Å². The summed E-state index contributed by atoms with van der Waals surface area (Å²) in [6.45, 7) is 0.444. The number of hydrogen-bond acceptors (Lipinski definition) is 3. The zero-order chi connectivity index (χ0) is 17.6. The van der Waals surface area contributed by atoms with Crippen LogP contribution in [0.1, 0.15) is 5.56 Å². The molecule has 2 heterocycles. The number of aryl methyl sites for hydroxylation is 1. The maximum Gasteiger partial charge on any atom is 0.317 e. The third-order valence-corrected chi connectivity index (χ3v) is 4.75. The quantitative estimate of drug-likeness (QED) is 0.663. The highest BCUT2D eigenvalue weighted by molar-refractivity contribution is 5.96. The van der Waals surface area contributed by atoms with Crippen LogP contribution in [-0.4, -0.2) is 21.6 Å². The molecule has 0 radical (unpaired) electrons. The van der Waals surface area contributed by atoms with Crippen LogP contribution in [-0.2, 0) is 24.8 Å². The lowest BCUT2D eigenvalue weighted by Crippen LogP contribution is -2.43. The number of aromatic nitrogens is 2. The average molecular weight is 335 g/mol. The van der Waals surface area contributed by atoms with E-state index in [2.05, 4.69) is 0 Å². The van der Waals surface area contributed by atoms with Crippen LogP contribution in [0.3, 0.4) is 0 Å². The summed E-state index contributed by atoms with van der Waals surface area (Å²) in [5, 5.41) is 0. The highest BCUT2D eigenvalue weighted by atomic mass is 16.2. The number of para-hydroxylation sites is 3. The number of rotatable bonds is 2. The summed E-state index contributed by atoms with van der Waals surface area (Å²) >= 11 is 0. The van der Waals surface area contributed by atoms with Gasteiger partial charge in [0.2, 0.25) is 5.91 Å². The van der Waals surface area contributed by atoms with Gasteiger partial charge in [0.1, 0.15) is 6.54 Å². The molecule has 0 saturated carbocycles. The Bertz CT molecular complexity index is 1110. The van der Waals surface area contributed by atoms with E-state index in [9.17, 15) is 14.4 Å². The molecule has 1 aliphatic rings. The van der Waals surface area contributed by atoms with Crippen molar-refractivity contribution in [2.75, 3.05) is 11.4 Å². The highest BCUT2D eigenvalue weighted by Crippen LogP contribution is 2.27. The van der Waals surface area contributed by atoms with Crippen molar-refractivity contribution in [2.24, 2.45) is 7.05 Å². The van der Waals surface area contributed by atoms with Crippen molar-refractivity contribution in [1.82, 2.24) is 9.13 Å². The number of nitrogens with zero attached hydrogens (tertiary/aromatic N) is 3. The fourth-order valence-electron chi connectivity index (χ4n) is 3.43. The summed E-state index contributed by atoms with van der Waals surface area (Å²) in [6, 6.07) is 14.9. The third kappa shape index (κ3) is 2.38. The van der Waals surface area contributed by atoms with E-state index >= 15 is 0 Å². The van der Waals surface area contributed by atoms with Gasteiger partial charge in [-0.15, -0.1) is 0 Å². The summed E-state index contributed by atoms with van der Waals surface area (Å²) < 4.78 is 2.60. The molecule has 3 aromatic rings. The zero-order valence-electron chi connectivity index (χ0n) is 13.8. The van der Waals surface area contributed by atoms with Crippen LogP contribution in [0.4, 0.5) is 5.69 Å². The highest BCUT2D eigenvalue weighted by Gasteiger charge is 2.25. The average Bonchev–Trinajstić information content (AvgIpc) is 3.07. The van der Waals surface area contributed by atoms with Gasteiger partial charge in [-0.2, -0.15) is 0 Å². The molecule has 0 fully saturated rings. The topological polar surface area (TPSA) is 64.3 Å². The van der Waals surface area contributed by atoms with E-state index in [-0.39, 0.29) is 12.5 Å². The molecule has 0 spiro atoms. The second kappa shape index (κ2) is 5.73. The van der Waals surface area contributed by atoms with Crippen LogP contribution in [0.15, 0.2) is 58.1 Å². The van der Waals surface area contributed by atoms with Crippen LogP contribution in [0.2, 0.25) is 0 Å². The largest absolute Gasteiger partial charge is 0.317 e. The predicted octanol–water partition coefficient (Wildman–Crippen LogP) is 1.29. The van der Waals surface area contributed by atoms with Crippen molar-refractivity contribution < 1.29 is 4.79 Å². The van der Waals surface area contributed by atoms with Crippen molar-refractivity contribution in [2.45, 2.75) is 13.0 Å². The van der Waals surface area contributed by atoms with Crippen molar-refractivity contribution in [3.05, 3.63) is 74.8 Å². The second-order valence-electron chi connectivity index (χ2n) is 6.17. The van der Waals surface area contributed by atoms with Crippen molar-refractivity contribution >= 4 is 22.6 Å². The van der Waals surface area contributed by atoms with Gasteiger partial charge >= 0.3 is 11.1 Å². The molecule has 0 atom stereocenters. The Kier molecular flexibility index (Phi) is 3.53. The van der Waals surface area contributed by atoms with E-state index in [1.54, 1.807) is 36.2 Å². The fraction of sp³-hybridized carbons (Fsp3) is 0.211. The van der Waals surface area contributed by atoms with Crippen LogP contribution in [0.25, 0.3) is 11.0 Å². The van der Waals surface area contributed by atoms with E-state index in [0.29, 0.717) is 17.6 Å². The molecule has 1 aliphatic heterocycles. The minimum absolute atomic E-state index is 0.149. The lowest BCUT2D eigenvalue weighted by atomic mass is 10.2. The maximum atomic E-state index is 12.8. The lowest BCUT2D eigenvalue weighted by Gasteiger charge is -2.19. The molecule has 25 heavy (non-hydrogen) atoms. The van der Waals surface area contributed by atoms with Crippen LogP contribution >= 0.6 is 0 Å². The van der Waals surface area contributed by atoms with Crippen LogP contribution < -0.4 is 16.0 Å². The van der Waals surface area contributed by atoms with Gasteiger partial charge < -0.3 is 9.47 Å². The van der Waals surface area contributed by atoms with E-state index in [4.69, 9.17) is 0 Å². The van der Waals surface area contributed by atoms with Crippen molar-refractivity contribution in [3.8, 4) is 0 Å². The van der Waals surface area contributed by atoms with Gasteiger partial charge in [-0.1, -0.05) is 30.3 Å². The van der Waals surface area contributed by atoms with Crippen LogP contribution in [0, 0.1) is 0 Å². The summed E-state index contributed by atoms with van der Waals surface area (Å²) in [5.41, 5.74) is 1.90. The Hall–Kier alpha value is -3.15. The Labute approximate surface area is 143 Å². The summed E-state index contributed by atoms with van der Waals surface area (Å²) in [5.74, 6) is -0.189. The Balaban J connectivity index is 1.79. The first-order valence-corrected chi connectivity index (χ1v) is 8.15. The summed E-state index contributed by atoms with van der Waals surface area (Å²) in [7, 11) is 1.56. The minimum atomic E-state index is -0.679. The molecular weight excluding hydrogens is 318 g/mol. The van der Waals surface area contributed by atoms with E-state index in [1.165, 1.54) is 9.13 Å². The first-order chi connectivity index (χ1) is 12.1. The molecule has 0 aliphatic carbocycles. The Morgan fingerprint density at radius 1 is 0.960 bits per heavy atom. The molecule has 1 amide bonds. The van der Waals surface area contributed by atoms with Gasteiger partial charge in [0, 0.05) is 19.3 Å². The van der Waals surface area contributed by atoms with Gasteiger partial charge in [0.25, 0.3) is 0 Å². The van der Waals surface area contributed by atoms with Crippen molar-refractivity contribution in [1.29, 1.82) is 0 Å². The summed E-state index contributed by atoms with van der Waals surface area (Å²) in [4.78, 5) is 39.2. The smallest absolute Gasteiger partial charge is 0.310 e. The molecule has 0 unspecified atom stereocenters. The van der Waals surface area contributed by atoms with Crippen LogP contribution in [0.5, 0.6) is 0 Å². The molecule has 1 aromatic heterocycles. The molecule has 126 valence electrons. The van der Waals surface area contributed by atoms with Gasteiger partial charge in [-0.05, 0) is 30.2 Å². The number of anilines is 1. The van der Waals surface area contributed by atoms with Gasteiger partial charge in [-0.25, -0.2) is 0 Å². The predicted molar refractivity (Wildman–Crippen MR) is 95.9 cm³/mol. The van der Waals surface area contributed by atoms with E-state index < -0.39 is 11.1 Å². The van der Waals surface area contributed by atoms with Gasteiger partial charge in [0.05, 0.1) is 11.0 Å². The normalized spacial score (nSPS) is 13.2. The van der Waals surface area contributed by atoms with Gasteiger partial charge in [-0.3, -0.25) is 19.0 Å². The first-order valence-electron chi connectivity index (χ1n) is 8.15. The Morgan fingerprint density at radius 2 is 1.64 bits per heavy atom. The van der Waals surface area contributed by atoms with Gasteiger partial charge in [0.15, 0.2) is 0 Å². The molecule has 2 aromatic carbocycles. The molecule has 0 N–H and O–H groups in total. The minimum Gasteiger partial charge on any atom is -0.310 e. The SMILES string of the molecule is Cn1c(=O)c(=O)n(CC(=O)N2CCc3ccccc32)c2ccccc21. The lowest BCUT2D eigenvalue weighted by molar-refractivity contribution is -0.119. The zero-order valence-corrected chi connectivity index (χ0v) is 13.8. The molecule has 4 rings (SSSR count). The molecule has 0 saturated heterocycles. The first kappa shape index (κ1) is 15.4. The maximum absolute atomic E-state index is 12.8. The number of hydrogen-bond donors (Lipinski definition) is 0. The monoisotopic (exact) mass is 335 g/mol. The molecule has 0 bridgehead atoms. The molecule has 6 nitrogen and oxygen atoms in total. The second-order valence-corrected chi connectivity index (χ2v) is 6.17. The standard InChI is InChI=1S/C19H17N3O3/c1-20-15-8-4-5-9-16(15)22(19(25)18(20)24)12-17(23)21-11-10-13-6-2-3-7-14(13)21/h2-9H,10-12H2,1H3. The number of amides is 1. The van der Waals surface area contributed by atoms with E-state index in [1.807, 2.05) is 24.3 Å². The summed E-state index contributed by atoms with van der Waals surface area (Å²) in [6.07, 6.45) is 0.800. The van der Waals surface area contributed by atoms with E-state index in [0.717, 1.165) is 17.7 Å². The molecule has 6 heteroatoms. The number of carbonyl (C=O) groups excluding carboxylic acids is 1. The number of benzene rings is 2. The number of carbonyl (C=O) groups is 1.